The van der Waals surface area contributed by atoms with Crippen molar-refractivity contribution < 1.29 is 9.53 Å². The number of carbonyl (C=O) groups is 1. The summed E-state index contributed by atoms with van der Waals surface area (Å²) >= 11 is 0. The topological polar surface area (TPSA) is 32.8 Å². The number of ether oxygens (including phenoxy) is 1. The molecule has 0 bridgehead atoms. The summed E-state index contributed by atoms with van der Waals surface area (Å²) in [5.41, 5.74) is 0. The lowest BCUT2D eigenvalue weighted by atomic mass is 9.82. The molecular weight excluding hydrogens is 240 g/mol. The van der Waals surface area contributed by atoms with Gasteiger partial charge < -0.3 is 9.64 Å². The number of rotatable bonds is 2. The molecule has 19 heavy (non-hydrogen) atoms. The Morgan fingerprint density at radius 3 is 2.32 bits per heavy atom. The molecule has 3 aliphatic rings. The lowest BCUT2D eigenvalue weighted by molar-refractivity contribution is -0.143. The largest absolute Gasteiger partial charge is 0.378 e. The first-order valence-electron chi connectivity index (χ1n) is 7.97. The molecule has 4 heteroatoms. The van der Waals surface area contributed by atoms with Crippen LogP contribution in [0.1, 0.15) is 38.5 Å². The molecule has 2 heterocycles. The second kappa shape index (κ2) is 6.23. The number of hydrogen-bond donors (Lipinski definition) is 0. The third kappa shape index (κ3) is 2.95. The second-order valence-electron chi connectivity index (χ2n) is 6.14. The number of carbonyl (C=O) groups excluding carboxylic acids is 1. The van der Waals surface area contributed by atoms with Gasteiger partial charge in [-0.25, -0.2) is 0 Å². The van der Waals surface area contributed by atoms with Gasteiger partial charge in [0.15, 0.2) is 0 Å². The van der Waals surface area contributed by atoms with E-state index in [-0.39, 0.29) is 5.92 Å². The van der Waals surface area contributed by atoms with E-state index in [1.807, 2.05) is 4.90 Å². The zero-order chi connectivity index (χ0) is 13.1. The Balaban J connectivity index is 1.66. The summed E-state index contributed by atoms with van der Waals surface area (Å²) in [6.45, 7) is 5.43. The molecular formula is C15H26N2O2. The van der Waals surface area contributed by atoms with Gasteiger partial charge in [0.05, 0.1) is 19.1 Å². The van der Waals surface area contributed by atoms with Gasteiger partial charge in [0.1, 0.15) is 0 Å². The van der Waals surface area contributed by atoms with Crippen molar-refractivity contribution in [3.8, 4) is 0 Å². The Bertz CT molecular complexity index is 309. The highest BCUT2D eigenvalue weighted by atomic mass is 16.5. The van der Waals surface area contributed by atoms with Crippen molar-refractivity contribution in [3.63, 3.8) is 0 Å². The fourth-order valence-electron chi connectivity index (χ4n) is 3.93. The number of likely N-dealkylation sites (tertiary alicyclic amines) is 1. The monoisotopic (exact) mass is 266 g/mol. The Kier molecular flexibility index (Phi) is 4.38. The molecule has 3 rings (SSSR count). The molecule has 0 spiro atoms. The lowest BCUT2D eigenvalue weighted by Gasteiger charge is -2.40. The maximum atomic E-state index is 12.8. The Hall–Kier alpha value is -0.610. The third-order valence-corrected chi connectivity index (χ3v) is 4.98. The van der Waals surface area contributed by atoms with Crippen molar-refractivity contribution in [1.29, 1.82) is 0 Å². The van der Waals surface area contributed by atoms with Crippen LogP contribution in [0.15, 0.2) is 0 Å². The summed E-state index contributed by atoms with van der Waals surface area (Å²) < 4.78 is 5.36. The molecule has 0 unspecified atom stereocenters. The van der Waals surface area contributed by atoms with Gasteiger partial charge in [-0.05, 0) is 38.8 Å². The van der Waals surface area contributed by atoms with E-state index in [0.717, 1.165) is 19.5 Å². The van der Waals surface area contributed by atoms with Crippen molar-refractivity contribution in [2.45, 2.75) is 44.6 Å². The lowest BCUT2D eigenvalue weighted by Crippen LogP contribution is -2.51. The van der Waals surface area contributed by atoms with E-state index >= 15 is 0 Å². The van der Waals surface area contributed by atoms with Gasteiger partial charge in [-0.1, -0.05) is 12.8 Å². The molecule has 0 aromatic rings. The third-order valence-electron chi connectivity index (χ3n) is 4.98. The standard InChI is InChI=1S/C15H26N2O2/c18-15(17-9-11-19-12-10-17)13-5-1-2-6-14(13)16-7-3-4-8-16/h13-14H,1-12H2/t13-,14+/m0/s1. The highest BCUT2D eigenvalue weighted by Crippen LogP contribution is 2.32. The Morgan fingerprint density at radius 1 is 0.895 bits per heavy atom. The molecule has 3 fully saturated rings. The van der Waals surface area contributed by atoms with E-state index in [0.29, 0.717) is 25.2 Å². The quantitative estimate of drug-likeness (QED) is 0.759. The van der Waals surface area contributed by atoms with Crippen LogP contribution in [0.4, 0.5) is 0 Å². The maximum absolute atomic E-state index is 12.8. The van der Waals surface area contributed by atoms with Crippen molar-refractivity contribution in [1.82, 2.24) is 9.80 Å². The summed E-state index contributed by atoms with van der Waals surface area (Å²) in [6.07, 6.45) is 7.47. The van der Waals surface area contributed by atoms with Gasteiger partial charge in [0.25, 0.3) is 0 Å². The van der Waals surface area contributed by atoms with Gasteiger partial charge >= 0.3 is 0 Å². The molecule has 1 amide bonds. The van der Waals surface area contributed by atoms with Gasteiger partial charge in [0.2, 0.25) is 5.91 Å². The number of nitrogens with zero attached hydrogens (tertiary/aromatic N) is 2. The van der Waals surface area contributed by atoms with Crippen LogP contribution in [-0.4, -0.2) is 61.1 Å². The van der Waals surface area contributed by atoms with E-state index < -0.39 is 0 Å². The highest BCUT2D eigenvalue weighted by Gasteiger charge is 2.37. The van der Waals surface area contributed by atoms with Gasteiger partial charge in [-0.2, -0.15) is 0 Å². The minimum Gasteiger partial charge on any atom is -0.378 e. The van der Waals surface area contributed by atoms with E-state index in [4.69, 9.17) is 4.74 Å². The first-order valence-corrected chi connectivity index (χ1v) is 7.97. The van der Waals surface area contributed by atoms with Crippen LogP contribution in [0.3, 0.4) is 0 Å². The molecule has 0 aromatic heterocycles. The number of morpholine rings is 1. The second-order valence-corrected chi connectivity index (χ2v) is 6.14. The van der Waals surface area contributed by atoms with Crippen LogP contribution in [0.25, 0.3) is 0 Å². The van der Waals surface area contributed by atoms with Crippen molar-refractivity contribution in [2.24, 2.45) is 5.92 Å². The van der Waals surface area contributed by atoms with E-state index in [9.17, 15) is 4.79 Å². The predicted octanol–water partition coefficient (Wildman–Crippen LogP) is 1.50. The molecule has 1 aliphatic carbocycles. The molecule has 108 valence electrons. The molecule has 2 saturated heterocycles. The first kappa shape index (κ1) is 13.4. The van der Waals surface area contributed by atoms with Gasteiger partial charge in [-0.3, -0.25) is 9.69 Å². The fraction of sp³-hybridized carbons (Fsp3) is 0.933. The average Bonchev–Trinajstić information content (AvgIpc) is 3.01. The summed E-state index contributed by atoms with van der Waals surface area (Å²) in [4.78, 5) is 17.4. The van der Waals surface area contributed by atoms with Crippen LogP contribution in [0, 0.1) is 5.92 Å². The van der Waals surface area contributed by atoms with Crippen LogP contribution >= 0.6 is 0 Å². The number of amides is 1. The van der Waals surface area contributed by atoms with Crippen LogP contribution in [-0.2, 0) is 9.53 Å². The Labute approximate surface area is 116 Å². The van der Waals surface area contributed by atoms with Gasteiger partial charge in [0, 0.05) is 19.1 Å². The van der Waals surface area contributed by atoms with Crippen LogP contribution in [0.5, 0.6) is 0 Å². The fourth-order valence-corrected chi connectivity index (χ4v) is 3.93. The molecule has 0 aromatic carbocycles. The normalized spacial score (nSPS) is 33.6. The number of hydrogen-bond acceptors (Lipinski definition) is 3. The summed E-state index contributed by atoms with van der Waals surface area (Å²) in [5, 5.41) is 0. The molecule has 0 N–H and O–H groups in total. The zero-order valence-corrected chi connectivity index (χ0v) is 11.9. The van der Waals surface area contributed by atoms with Crippen LogP contribution < -0.4 is 0 Å². The van der Waals surface area contributed by atoms with E-state index in [1.165, 1.54) is 45.2 Å². The zero-order valence-electron chi connectivity index (χ0n) is 11.9. The summed E-state index contributed by atoms with van der Waals surface area (Å²) in [6, 6.07) is 0.520. The summed E-state index contributed by atoms with van der Waals surface area (Å²) in [7, 11) is 0. The van der Waals surface area contributed by atoms with Crippen molar-refractivity contribution in [2.75, 3.05) is 39.4 Å². The molecule has 2 aliphatic heterocycles. The average molecular weight is 266 g/mol. The minimum absolute atomic E-state index is 0.255. The van der Waals surface area contributed by atoms with Crippen molar-refractivity contribution in [3.05, 3.63) is 0 Å². The van der Waals surface area contributed by atoms with Gasteiger partial charge in [-0.15, -0.1) is 0 Å². The molecule has 1 saturated carbocycles. The SMILES string of the molecule is O=C([C@H]1CCCC[C@H]1N1CCCC1)N1CCOCC1. The molecule has 0 radical (unpaired) electrons. The summed E-state index contributed by atoms with van der Waals surface area (Å²) in [5.74, 6) is 0.657. The minimum atomic E-state index is 0.255. The van der Waals surface area contributed by atoms with Crippen molar-refractivity contribution >= 4 is 5.91 Å². The molecule has 2 atom stereocenters. The Morgan fingerprint density at radius 2 is 1.58 bits per heavy atom. The first-order chi connectivity index (χ1) is 9.36. The smallest absolute Gasteiger partial charge is 0.227 e. The van der Waals surface area contributed by atoms with E-state index in [2.05, 4.69) is 4.90 Å². The maximum Gasteiger partial charge on any atom is 0.227 e. The van der Waals surface area contributed by atoms with Crippen LogP contribution in [0.2, 0.25) is 0 Å². The molecule has 4 nitrogen and oxygen atoms in total. The highest BCUT2D eigenvalue weighted by molar-refractivity contribution is 5.79. The van der Waals surface area contributed by atoms with E-state index in [1.54, 1.807) is 0 Å². The predicted molar refractivity (Wildman–Crippen MR) is 74.0 cm³/mol.